The normalized spacial score (nSPS) is 21.2. The maximum Gasteiger partial charge on any atom is 0.260 e. The van der Waals surface area contributed by atoms with E-state index in [1.54, 1.807) is 0 Å². The first-order valence-corrected chi connectivity index (χ1v) is 7.66. The number of hydrazone groups is 1. The molecule has 0 aliphatic carbocycles. The molecule has 1 aromatic rings. The lowest BCUT2D eigenvalue weighted by Gasteiger charge is -2.34. The average Bonchev–Trinajstić information content (AvgIpc) is 2.56. The summed E-state index contributed by atoms with van der Waals surface area (Å²) in [5.41, 5.74) is 4.46. The lowest BCUT2D eigenvalue weighted by molar-refractivity contribution is -0.119. The number of fused-ring (bicyclic) bond motifs is 3. The zero-order valence-corrected chi connectivity index (χ0v) is 12.3. The Labute approximate surface area is 128 Å². The number of hydrogen-bond acceptors (Lipinski definition) is 6. The van der Waals surface area contributed by atoms with Gasteiger partial charge in [0.2, 0.25) is 0 Å². The summed E-state index contributed by atoms with van der Waals surface area (Å²) in [5.74, 6) is 1.43. The maximum atomic E-state index is 11.6. The van der Waals surface area contributed by atoms with E-state index in [2.05, 4.69) is 21.2 Å². The van der Waals surface area contributed by atoms with Crippen molar-refractivity contribution < 1.29 is 9.53 Å². The third kappa shape index (κ3) is 2.48. The van der Waals surface area contributed by atoms with E-state index in [0.29, 0.717) is 12.6 Å². The van der Waals surface area contributed by atoms with Crippen LogP contribution in [-0.4, -0.2) is 44.0 Å². The fourth-order valence-corrected chi connectivity index (χ4v) is 3.08. The number of benzene rings is 1. The number of hydrogen-bond donors (Lipinski definition) is 3. The molecule has 7 heteroatoms. The Balaban J connectivity index is 1.59. The first kappa shape index (κ1) is 13.4. The summed E-state index contributed by atoms with van der Waals surface area (Å²) in [5, 5.41) is 11.0. The molecule has 1 amide bonds. The lowest BCUT2D eigenvalue weighted by atomic mass is 10.1. The van der Waals surface area contributed by atoms with E-state index in [4.69, 9.17) is 4.74 Å². The van der Waals surface area contributed by atoms with Crippen molar-refractivity contribution in [3.8, 4) is 5.75 Å². The van der Waals surface area contributed by atoms with Crippen molar-refractivity contribution in [1.29, 1.82) is 0 Å². The van der Waals surface area contributed by atoms with Gasteiger partial charge in [-0.15, -0.1) is 0 Å². The van der Waals surface area contributed by atoms with Crippen LogP contribution in [0.3, 0.4) is 0 Å². The smallest absolute Gasteiger partial charge is 0.260 e. The minimum Gasteiger partial charge on any atom is -0.483 e. The minimum atomic E-state index is -0.103. The van der Waals surface area contributed by atoms with Crippen molar-refractivity contribution >= 4 is 23.1 Å². The summed E-state index contributed by atoms with van der Waals surface area (Å²) in [4.78, 5) is 13.5. The highest BCUT2D eigenvalue weighted by Gasteiger charge is 2.29. The molecule has 0 bridgehead atoms. The zero-order valence-electron chi connectivity index (χ0n) is 12.3. The Bertz CT molecular complexity index is 624. The molecule has 0 spiro atoms. The second-order valence-electron chi connectivity index (χ2n) is 5.79. The number of piperidine rings is 1. The highest BCUT2D eigenvalue weighted by molar-refractivity contribution is 6.07. The van der Waals surface area contributed by atoms with Crippen molar-refractivity contribution in [1.82, 2.24) is 10.7 Å². The Kier molecular flexibility index (Phi) is 3.34. The number of carbonyl (C=O) groups excluding carboxylic acids is 1. The van der Waals surface area contributed by atoms with Gasteiger partial charge in [0.15, 0.2) is 5.84 Å². The molecule has 4 rings (SSSR count). The molecule has 116 valence electrons. The van der Waals surface area contributed by atoms with Crippen LogP contribution >= 0.6 is 0 Å². The molecule has 3 aliphatic rings. The van der Waals surface area contributed by atoms with Gasteiger partial charge in [0.05, 0.1) is 5.69 Å². The van der Waals surface area contributed by atoms with Crippen LogP contribution < -0.4 is 25.7 Å². The van der Waals surface area contributed by atoms with E-state index in [-0.39, 0.29) is 12.5 Å². The topological polar surface area (TPSA) is 78.0 Å². The molecule has 3 heterocycles. The van der Waals surface area contributed by atoms with Crippen molar-refractivity contribution in [2.75, 3.05) is 36.5 Å². The fraction of sp³-hybridized carbons (Fsp3) is 0.467. The van der Waals surface area contributed by atoms with Crippen LogP contribution in [-0.2, 0) is 4.79 Å². The predicted octanol–water partition coefficient (Wildman–Crippen LogP) is 0.493. The van der Waals surface area contributed by atoms with E-state index in [0.717, 1.165) is 48.9 Å². The van der Waals surface area contributed by atoms with Gasteiger partial charge in [0.25, 0.3) is 5.91 Å². The van der Waals surface area contributed by atoms with Crippen LogP contribution in [0, 0.1) is 0 Å². The van der Waals surface area contributed by atoms with Crippen LogP contribution in [0.1, 0.15) is 12.8 Å². The number of carbonyl (C=O) groups is 1. The summed E-state index contributed by atoms with van der Waals surface area (Å²) in [6.45, 7) is 2.77. The number of nitrogens with one attached hydrogen (secondary N) is 3. The van der Waals surface area contributed by atoms with Gasteiger partial charge in [-0.3, -0.25) is 4.79 Å². The number of amidine groups is 1. The maximum absolute atomic E-state index is 11.6. The summed E-state index contributed by atoms with van der Waals surface area (Å²) >= 11 is 0. The molecule has 3 N–H and O–H groups in total. The van der Waals surface area contributed by atoms with E-state index in [9.17, 15) is 4.79 Å². The van der Waals surface area contributed by atoms with Crippen molar-refractivity contribution in [2.24, 2.45) is 5.10 Å². The fourth-order valence-electron chi connectivity index (χ4n) is 3.08. The molecule has 1 fully saturated rings. The second-order valence-corrected chi connectivity index (χ2v) is 5.79. The Morgan fingerprint density at radius 2 is 2.18 bits per heavy atom. The molecule has 0 aromatic heterocycles. The highest BCUT2D eigenvalue weighted by atomic mass is 16.5. The molecular formula is C15H19N5O2. The molecule has 0 atom stereocenters. The number of nitrogens with zero attached hydrogens (tertiary/aromatic N) is 2. The van der Waals surface area contributed by atoms with Crippen LogP contribution in [0.2, 0.25) is 0 Å². The average molecular weight is 301 g/mol. The SMILES string of the molecule is O=C1CN2C(=NN1)COc1ccc(NC3CCNCC3)cc12. The molecule has 22 heavy (non-hydrogen) atoms. The summed E-state index contributed by atoms with van der Waals surface area (Å²) in [6.07, 6.45) is 2.23. The van der Waals surface area contributed by atoms with E-state index >= 15 is 0 Å². The third-order valence-electron chi connectivity index (χ3n) is 4.24. The highest BCUT2D eigenvalue weighted by Crippen LogP contribution is 2.35. The first-order chi connectivity index (χ1) is 10.8. The molecule has 0 unspecified atom stereocenters. The van der Waals surface area contributed by atoms with Crippen molar-refractivity contribution in [3.63, 3.8) is 0 Å². The van der Waals surface area contributed by atoms with Crippen LogP contribution in [0.15, 0.2) is 23.3 Å². The molecular weight excluding hydrogens is 282 g/mol. The van der Waals surface area contributed by atoms with Gasteiger partial charge in [0.1, 0.15) is 18.9 Å². The monoisotopic (exact) mass is 301 g/mol. The van der Waals surface area contributed by atoms with E-state index in [1.165, 1.54) is 0 Å². The second kappa shape index (κ2) is 5.49. The number of rotatable bonds is 2. The molecule has 3 aliphatic heterocycles. The van der Waals surface area contributed by atoms with E-state index < -0.39 is 0 Å². The zero-order chi connectivity index (χ0) is 14.9. The Morgan fingerprint density at radius 3 is 3.05 bits per heavy atom. The van der Waals surface area contributed by atoms with Crippen LogP contribution in [0.4, 0.5) is 11.4 Å². The quantitative estimate of drug-likeness (QED) is 0.741. The lowest BCUT2D eigenvalue weighted by Crippen LogP contribution is -2.49. The predicted molar refractivity (Wildman–Crippen MR) is 84.4 cm³/mol. The van der Waals surface area contributed by atoms with Gasteiger partial charge in [-0.05, 0) is 44.1 Å². The first-order valence-electron chi connectivity index (χ1n) is 7.66. The number of amides is 1. The Hall–Kier alpha value is -2.28. The van der Waals surface area contributed by atoms with Gasteiger partial charge in [0, 0.05) is 11.7 Å². The molecule has 1 saturated heterocycles. The summed E-state index contributed by atoms with van der Waals surface area (Å²) in [7, 11) is 0. The number of anilines is 2. The van der Waals surface area contributed by atoms with Gasteiger partial charge in [-0.25, -0.2) is 5.43 Å². The summed E-state index contributed by atoms with van der Waals surface area (Å²) in [6, 6.07) is 6.53. The Morgan fingerprint density at radius 1 is 1.32 bits per heavy atom. The van der Waals surface area contributed by atoms with Gasteiger partial charge in [-0.1, -0.05) is 0 Å². The number of ether oxygens (including phenoxy) is 1. The van der Waals surface area contributed by atoms with Crippen molar-refractivity contribution in [2.45, 2.75) is 18.9 Å². The van der Waals surface area contributed by atoms with Crippen LogP contribution in [0.5, 0.6) is 5.75 Å². The van der Waals surface area contributed by atoms with Crippen molar-refractivity contribution in [3.05, 3.63) is 18.2 Å². The third-order valence-corrected chi connectivity index (χ3v) is 4.24. The minimum absolute atomic E-state index is 0.103. The standard InChI is InChI=1S/C15H19N5O2/c21-15-8-20-12-7-11(17-10-3-5-16-6-4-10)1-2-13(12)22-9-14(20)18-19-15/h1-2,7,10,16-17H,3-6,8-9H2,(H,19,21). The summed E-state index contributed by atoms with van der Waals surface area (Å²) < 4.78 is 5.71. The largest absolute Gasteiger partial charge is 0.483 e. The molecule has 0 radical (unpaired) electrons. The molecule has 7 nitrogen and oxygen atoms in total. The van der Waals surface area contributed by atoms with Gasteiger partial charge >= 0.3 is 0 Å². The van der Waals surface area contributed by atoms with Gasteiger partial charge < -0.3 is 20.3 Å². The van der Waals surface area contributed by atoms with Crippen LogP contribution in [0.25, 0.3) is 0 Å². The molecule has 0 saturated carbocycles. The van der Waals surface area contributed by atoms with E-state index in [1.807, 2.05) is 23.1 Å². The molecule has 1 aromatic carbocycles. The van der Waals surface area contributed by atoms with Gasteiger partial charge in [-0.2, -0.15) is 5.10 Å².